The van der Waals surface area contributed by atoms with E-state index in [1.54, 1.807) is 26.8 Å². The Kier molecular flexibility index (Phi) is 5.77. The van der Waals surface area contributed by atoms with Crippen LogP contribution in [0, 0.1) is 11.3 Å². The molecule has 0 aromatic heterocycles. The van der Waals surface area contributed by atoms with Crippen molar-refractivity contribution in [1.82, 2.24) is 14.7 Å². The Morgan fingerprint density at radius 2 is 1.74 bits per heavy atom. The fourth-order valence-corrected chi connectivity index (χ4v) is 4.69. The molecule has 2 aromatic rings. The molecule has 0 aliphatic carbocycles. The van der Waals surface area contributed by atoms with Gasteiger partial charge < -0.3 is 19.8 Å². The first-order chi connectivity index (χ1) is 14.9. The van der Waals surface area contributed by atoms with Crippen LogP contribution in [-0.2, 0) is 9.59 Å². The lowest BCUT2D eigenvalue weighted by atomic mass is 9.73. The predicted octanol–water partition coefficient (Wildman–Crippen LogP) is 1.28. The fourth-order valence-electron chi connectivity index (χ4n) is 4.69. The predicted molar refractivity (Wildman–Crippen MR) is 116 cm³/mol. The highest BCUT2D eigenvalue weighted by atomic mass is 16.3. The van der Waals surface area contributed by atoms with Gasteiger partial charge >= 0.3 is 0 Å². The smallest absolute Gasteiger partial charge is 0.242 e. The molecule has 0 spiro atoms. The van der Waals surface area contributed by atoms with Crippen molar-refractivity contribution in [3.05, 3.63) is 59.7 Å². The topological polar surface area (TPSA) is 87.9 Å². The van der Waals surface area contributed by atoms with Gasteiger partial charge in [0.2, 0.25) is 11.8 Å². The van der Waals surface area contributed by atoms with Crippen LogP contribution in [0.25, 0.3) is 11.1 Å². The second kappa shape index (κ2) is 8.50. The number of amides is 2. The van der Waals surface area contributed by atoms with E-state index in [9.17, 15) is 14.7 Å². The Hall–Kier alpha value is -3.21. The summed E-state index contributed by atoms with van der Waals surface area (Å²) in [4.78, 5) is 30.4. The van der Waals surface area contributed by atoms with Crippen LogP contribution in [0.2, 0.25) is 0 Å². The van der Waals surface area contributed by atoms with Crippen LogP contribution in [0.5, 0.6) is 0 Å². The highest BCUT2D eigenvalue weighted by Gasteiger charge is 2.54. The number of carbonyl (C=O) groups excluding carboxylic acids is 2. The van der Waals surface area contributed by atoms with Gasteiger partial charge in [0, 0.05) is 12.5 Å². The second-order valence-corrected chi connectivity index (χ2v) is 8.47. The molecular formula is C24H26N4O3. The fraction of sp³-hybridized carbons (Fsp3) is 0.375. The third kappa shape index (κ3) is 3.92. The van der Waals surface area contributed by atoms with Gasteiger partial charge in [0.25, 0.3) is 0 Å². The lowest BCUT2D eigenvalue weighted by Crippen LogP contribution is -2.73. The summed E-state index contributed by atoms with van der Waals surface area (Å²) in [6, 6.07) is 17.3. The minimum Gasteiger partial charge on any atom is -0.394 e. The average Bonchev–Trinajstić information content (AvgIpc) is 2.75. The number of rotatable bonds is 5. The normalized spacial score (nSPS) is 22.7. The van der Waals surface area contributed by atoms with Crippen molar-refractivity contribution in [2.75, 3.05) is 40.3 Å². The minimum atomic E-state index is -0.260. The molecule has 2 aliphatic heterocycles. The number of likely N-dealkylation sites (N-methyl/N-ethyl adjacent to an activating group) is 1. The molecule has 3 atom stereocenters. The van der Waals surface area contributed by atoms with Crippen LogP contribution in [0.1, 0.15) is 17.0 Å². The lowest BCUT2D eigenvalue weighted by molar-refractivity contribution is -0.167. The molecule has 0 saturated carbocycles. The van der Waals surface area contributed by atoms with E-state index in [0.717, 1.165) is 16.7 Å². The number of nitrogens with zero attached hydrogens (tertiary/aromatic N) is 4. The van der Waals surface area contributed by atoms with E-state index in [1.165, 1.54) is 0 Å². The van der Waals surface area contributed by atoms with Crippen molar-refractivity contribution < 1.29 is 14.7 Å². The maximum atomic E-state index is 12.7. The molecule has 7 heteroatoms. The number of benzene rings is 2. The zero-order valence-corrected chi connectivity index (χ0v) is 17.7. The van der Waals surface area contributed by atoms with Crippen molar-refractivity contribution in [2.45, 2.75) is 18.0 Å². The third-order valence-corrected chi connectivity index (χ3v) is 6.20. The van der Waals surface area contributed by atoms with Gasteiger partial charge in [0.1, 0.15) is 0 Å². The van der Waals surface area contributed by atoms with E-state index in [1.807, 2.05) is 50.5 Å². The highest BCUT2D eigenvalue weighted by molar-refractivity contribution is 5.88. The zero-order valence-electron chi connectivity index (χ0n) is 17.7. The Labute approximate surface area is 182 Å². The zero-order chi connectivity index (χ0) is 22.1. The van der Waals surface area contributed by atoms with Crippen LogP contribution >= 0.6 is 0 Å². The first-order valence-electron chi connectivity index (χ1n) is 10.4. The van der Waals surface area contributed by atoms with Crippen molar-refractivity contribution in [3.8, 4) is 17.2 Å². The monoisotopic (exact) mass is 418 g/mol. The van der Waals surface area contributed by atoms with Crippen LogP contribution in [0.15, 0.2) is 48.5 Å². The molecule has 7 nitrogen and oxygen atoms in total. The molecule has 2 amide bonds. The summed E-state index contributed by atoms with van der Waals surface area (Å²) in [5.74, 6) is -0.174. The van der Waals surface area contributed by atoms with E-state index in [-0.39, 0.29) is 49.5 Å². The molecule has 2 aliphatic rings. The summed E-state index contributed by atoms with van der Waals surface area (Å²) < 4.78 is 0. The summed E-state index contributed by atoms with van der Waals surface area (Å²) in [5, 5.41) is 18.9. The number of aliphatic hydroxyl groups excluding tert-OH is 1. The molecule has 2 fully saturated rings. The summed E-state index contributed by atoms with van der Waals surface area (Å²) in [6.45, 7) is 0.726. The molecule has 160 valence electrons. The van der Waals surface area contributed by atoms with Crippen molar-refractivity contribution >= 4 is 11.8 Å². The van der Waals surface area contributed by atoms with Crippen LogP contribution < -0.4 is 0 Å². The van der Waals surface area contributed by atoms with Gasteiger partial charge in [-0.3, -0.25) is 9.59 Å². The van der Waals surface area contributed by atoms with Crippen molar-refractivity contribution in [2.24, 2.45) is 0 Å². The summed E-state index contributed by atoms with van der Waals surface area (Å²) in [6.07, 6.45) is 0. The standard InChI is InChI=1S/C24H26N4O3/c1-26(2)13-22(30)27-12-20-24(21(15-29)28(20)23(31)14-27)19-9-7-18(8-10-19)17-5-3-16(11-25)4-6-17/h3-10,20-21,24,29H,12-15H2,1-2H3/t20-,21-,24+/m1/s1. The number of hydrogen-bond acceptors (Lipinski definition) is 5. The SMILES string of the molecule is CN(C)CC(=O)N1CC(=O)N2[C@H](CO)[C@@H](c3ccc(-c4ccc(C#N)cc4)cc3)[C@H]2C1. The van der Waals surface area contributed by atoms with Gasteiger partial charge in [-0.05, 0) is 42.9 Å². The number of carbonyl (C=O) groups is 2. The summed E-state index contributed by atoms with van der Waals surface area (Å²) in [7, 11) is 3.67. The minimum absolute atomic E-state index is 0.0149. The van der Waals surface area contributed by atoms with Gasteiger partial charge in [-0.25, -0.2) is 0 Å². The Morgan fingerprint density at radius 1 is 1.13 bits per heavy atom. The molecule has 0 bridgehead atoms. The van der Waals surface area contributed by atoms with Gasteiger partial charge in [-0.1, -0.05) is 36.4 Å². The largest absolute Gasteiger partial charge is 0.394 e. The van der Waals surface area contributed by atoms with Crippen LogP contribution in [-0.4, -0.2) is 84.0 Å². The van der Waals surface area contributed by atoms with E-state index in [2.05, 4.69) is 6.07 Å². The molecule has 1 N–H and O–H groups in total. The molecular weight excluding hydrogens is 392 g/mol. The number of hydrogen-bond donors (Lipinski definition) is 1. The number of fused-ring (bicyclic) bond motifs is 1. The number of aliphatic hydroxyl groups is 1. The van der Waals surface area contributed by atoms with Gasteiger partial charge in [-0.15, -0.1) is 0 Å². The second-order valence-electron chi connectivity index (χ2n) is 8.47. The van der Waals surface area contributed by atoms with E-state index < -0.39 is 0 Å². The van der Waals surface area contributed by atoms with Gasteiger partial charge in [0.15, 0.2) is 0 Å². The summed E-state index contributed by atoms with van der Waals surface area (Å²) in [5.41, 5.74) is 3.73. The molecule has 2 aromatic carbocycles. The van der Waals surface area contributed by atoms with E-state index >= 15 is 0 Å². The van der Waals surface area contributed by atoms with Crippen molar-refractivity contribution in [3.63, 3.8) is 0 Å². The van der Waals surface area contributed by atoms with Gasteiger partial charge in [0.05, 0.1) is 43.4 Å². The number of nitriles is 1. The molecule has 0 unspecified atom stereocenters. The van der Waals surface area contributed by atoms with Crippen LogP contribution in [0.3, 0.4) is 0 Å². The first kappa shape index (κ1) is 21.0. The third-order valence-electron chi connectivity index (χ3n) is 6.20. The van der Waals surface area contributed by atoms with E-state index in [4.69, 9.17) is 5.26 Å². The van der Waals surface area contributed by atoms with Crippen molar-refractivity contribution in [1.29, 1.82) is 5.26 Å². The summed E-state index contributed by atoms with van der Waals surface area (Å²) >= 11 is 0. The molecule has 2 heterocycles. The first-order valence-corrected chi connectivity index (χ1v) is 10.4. The Bertz CT molecular complexity index is 1010. The maximum absolute atomic E-state index is 12.7. The molecule has 2 saturated heterocycles. The highest BCUT2D eigenvalue weighted by Crippen LogP contribution is 2.43. The molecule has 31 heavy (non-hydrogen) atoms. The number of piperazine rings is 1. The molecule has 4 rings (SSSR count). The van der Waals surface area contributed by atoms with Crippen LogP contribution in [0.4, 0.5) is 0 Å². The lowest BCUT2D eigenvalue weighted by Gasteiger charge is -2.58. The Morgan fingerprint density at radius 3 is 2.29 bits per heavy atom. The molecule has 0 radical (unpaired) electrons. The van der Waals surface area contributed by atoms with E-state index in [0.29, 0.717) is 12.1 Å². The maximum Gasteiger partial charge on any atom is 0.242 e. The average molecular weight is 418 g/mol. The van der Waals surface area contributed by atoms with Gasteiger partial charge in [-0.2, -0.15) is 5.26 Å². The quantitative estimate of drug-likeness (QED) is 0.791. The Balaban J connectivity index is 1.54.